The van der Waals surface area contributed by atoms with Crippen molar-refractivity contribution in [2.24, 2.45) is 5.92 Å². The lowest BCUT2D eigenvalue weighted by Crippen LogP contribution is -2.28. The number of hydrogen-bond donors (Lipinski definition) is 0. The zero-order valence-electron chi connectivity index (χ0n) is 11.1. The molecule has 0 saturated carbocycles. The fraction of sp³-hybridized carbons (Fsp3) is 0.467. The molecule has 1 saturated heterocycles. The molecule has 1 atom stereocenters. The summed E-state index contributed by atoms with van der Waals surface area (Å²) in [4.78, 5) is 13.8. The molecule has 1 heterocycles. The number of carbonyl (C=O) groups is 1. The Labute approximate surface area is 108 Å². The second-order valence-electron chi connectivity index (χ2n) is 5.80. The van der Waals surface area contributed by atoms with Gasteiger partial charge in [0.2, 0.25) is 5.91 Å². The van der Waals surface area contributed by atoms with E-state index in [-0.39, 0.29) is 17.2 Å². The van der Waals surface area contributed by atoms with Gasteiger partial charge in [-0.1, -0.05) is 39.0 Å². The summed E-state index contributed by atoms with van der Waals surface area (Å²) in [6.07, 6.45) is 0.342. The maximum atomic E-state index is 12.0. The van der Waals surface area contributed by atoms with Crippen molar-refractivity contribution in [3.63, 3.8) is 0 Å². The van der Waals surface area contributed by atoms with Gasteiger partial charge in [-0.15, -0.1) is 0 Å². The van der Waals surface area contributed by atoms with Crippen molar-refractivity contribution < 1.29 is 4.79 Å². The van der Waals surface area contributed by atoms with Gasteiger partial charge in [0.1, 0.15) is 0 Å². The largest absolute Gasteiger partial charge is 0.311 e. The van der Waals surface area contributed by atoms with E-state index >= 15 is 0 Å². The third kappa shape index (κ3) is 2.24. The summed E-state index contributed by atoms with van der Waals surface area (Å²) in [5.41, 5.74) is 2.09. The smallest absolute Gasteiger partial charge is 0.228 e. The van der Waals surface area contributed by atoms with Gasteiger partial charge in [-0.25, -0.2) is 0 Å². The molecule has 1 aliphatic rings. The minimum absolute atomic E-state index is 0.0123. The number of anilines is 1. The second-order valence-corrected chi connectivity index (χ2v) is 5.80. The van der Waals surface area contributed by atoms with Gasteiger partial charge in [0.25, 0.3) is 0 Å². The molecule has 0 radical (unpaired) electrons. The van der Waals surface area contributed by atoms with Gasteiger partial charge >= 0.3 is 0 Å². The van der Waals surface area contributed by atoms with Gasteiger partial charge in [0.15, 0.2) is 0 Å². The van der Waals surface area contributed by atoms with Gasteiger partial charge in [-0.3, -0.25) is 4.79 Å². The van der Waals surface area contributed by atoms with Crippen LogP contribution >= 0.6 is 0 Å². The Morgan fingerprint density at radius 2 is 2.00 bits per heavy atom. The highest BCUT2D eigenvalue weighted by atomic mass is 16.2. The van der Waals surface area contributed by atoms with E-state index < -0.39 is 0 Å². The van der Waals surface area contributed by atoms with Crippen LogP contribution in [0.25, 0.3) is 0 Å². The first-order valence-electron chi connectivity index (χ1n) is 6.23. The molecule has 2 rings (SSSR count). The van der Waals surface area contributed by atoms with E-state index in [9.17, 15) is 4.79 Å². The van der Waals surface area contributed by atoms with Crippen LogP contribution in [-0.4, -0.2) is 12.5 Å². The van der Waals surface area contributed by atoms with Crippen LogP contribution in [0.1, 0.15) is 32.8 Å². The lowest BCUT2D eigenvalue weighted by Gasteiger charge is -2.27. The topological polar surface area (TPSA) is 44.1 Å². The van der Waals surface area contributed by atoms with Crippen LogP contribution in [0.15, 0.2) is 24.3 Å². The molecule has 0 aliphatic carbocycles. The molecule has 94 valence electrons. The summed E-state index contributed by atoms with van der Waals surface area (Å²) < 4.78 is 0. The molecule has 3 heteroatoms. The van der Waals surface area contributed by atoms with Crippen LogP contribution in [0, 0.1) is 17.2 Å². The molecule has 18 heavy (non-hydrogen) atoms. The third-order valence-electron chi connectivity index (χ3n) is 3.31. The molecular formula is C15H18N2O. The Kier molecular flexibility index (Phi) is 3.13. The standard InChI is InChI=1S/C15H18N2O/c1-15(2,3)12-6-4-5-7-13(12)17-10-11(9-16)8-14(17)18/h4-7,11H,8,10H2,1-3H3. The highest BCUT2D eigenvalue weighted by molar-refractivity contribution is 5.97. The molecule has 0 aromatic heterocycles. The monoisotopic (exact) mass is 242 g/mol. The van der Waals surface area contributed by atoms with Crippen molar-refractivity contribution in [1.82, 2.24) is 0 Å². The highest BCUT2D eigenvalue weighted by Gasteiger charge is 2.33. The van der Waals surface area contributed by atoms with Crippen molar-refractivity contribution in [2.45, 2.75) is 32.6 Å². The minimum Gasteiger partial charge on any atom is -0.311 e. The number of nitrogens with zero attached hydrogens (tertiary/aromatic N) is 2. The van der Waals surface area contributed by atoms with Crippen LogP contribution in [-0.2, 0) is 10.2 Å². The fourth-order valence-electron chi connectivity index (χ4n) is 2.37. The predicted octanol–water partition coefficient (Wildman–Crippen LogP) is 2.86. The number of carbonyl (C=O) groups excluding carboxylic acids is 1. The van der Waals surface area contributed by atoms with Crippen LogP contribution in [0.5, 0.6) is 0 Å². The minimum atomic E-state index is -0.175. The zero-order valence-corrected chi connectivity index (χ0v) is 11.1. The average molecular weight is 242 g/mol. The van der Waals surface area contributed by atoms with Gasteiger partial charge in [-0.05, 0) is 17.0 Å². The zero-order chi connectivity index (χ0) is 13.3. The lowest BCUT2D eigenvalue weighted by atomic mass is 9.85. The Morgan fingerprint density at radius 3 is 2.56 bits per heavy atom. The number of benzene rings is 1. The maximum Gasteiger partial charge on any atom is 0.228 e. The molecule has 0 N–H and O–H groups in total. The molecule has 1 aromatic carbocycles. The Bertz CT molecular complexity index is 508. The number of nitriles is 1. The van der Waals surface area contributed by atoms with Crippen molar-refractivity contribution in [2.75, 3.05) is 11.4 Å². The lowest BCUT2D eigenvalue weighted by molar-refractivity contribution is -0.117. The highest BCUT2D eigenvalue weighted by Crippen LogP contribution is 2.34. The van der Waals surface area contributed by atoms with Crippen LogP contribution in [0.2, 0.25) is 0 Å². The Hall–Kier alpha value is -1.82. The number of amides is 1. The maximum absolute atomic E-state index is 12.0. The van der Waals surface area contributed by atoms with E-state index in [4.69, 9.17) is 5.26 Å². The molecule has 1 aromatic rings. The summed E-state index contributed by atoms with van der Waals surface area (Å²) in [6, 6.07) is 10.2. The predicted molar refractivity (Wildman–Crippen MR) is 71.2 cm³/mol. The van der Waals surface area contributed by atoms with Gasteiger partial charge in [0.05, 0.1) is 12.0 Å². The normalized spacial score (nSPS) is 20.0. The van der Waals surface area contributed by atoms with Crippen molar-refractivity contribution >= 4 is 11.6 Å². The first kappa shape index (κ1) is 12.6. The fourth-order valence-corrected chi connectivity index (χ4v) is 2.37. The molecule has 0 spiro atoms. The summed E-state index contributed by atoms with van der Waals surface area (Å²) in [5.74, 6) is -0.122. The van der Waals surface area contributed by atoms with Crippen molar-refractivity contribution in [3.8, 4) is 6.07 Å². The van der Waals surface area contributed by atoms with Crippen LogP contribution in [0.4, 0.5) is 5.69 Å². The van der Waals surface area contributed by atoms with Crippen LogP contribution in [0.3, 0.4) is 0 Å². The Morgan fingerprint density at radius 1 is 1.33 bits per heavy atom. The quantitative estimate of drug-likeness (QED) is 0.760. The van der Waals surface area contributed by atoms with E-state index in [1.54, 1.807) is 4.90 Å². The van der Waals surface area contributed by atoms with Gasteiger partial charge in [-0.2, -0.15) is 5.26 Å². The van der Waals surface area contributed by atoms with Crippen molar-refractivity contribution in [1.29, 1.82) is 5.26 Å². The summed E-state index contributed by atoms with van der Waals surface area (Å²) in [6.45, 7) is 6.92. The molecule has 3 nitrogen and oxygen atoms in total. The van der Waals surface area contributed by atoms with Crippen LogP contribution < -0.4 is 4.90 Å². The van der Waals surface area contributed by atoms with E-state index in [2.05, 4.69) is 32.9 Å². The molecule has 1 unspecified atom stereocenters. The van der Waals surface area contributed by atoms with E-state index in [1.807, 2.05) is 18.2 Å². The van der Waals surface area contributed by atoms with E-state index in [0.29, 0.717) is 13.0 Å². The average Bonchev–Trinajstić information content (AvgIpc) is 2.69. The number of para-hydroxylation sites is 1. The molecule has 0 bridgehead atoms. The Balaban J connectivity index is 2.41. The SMILES string of the molecule is CC(C)(C)c1ccccc1N1CC(C#N)CC1=O. The number of rotatable bonds is 1. The first-order chi connectivity index (χ1) is 8.43. The first-order valence-corrected chi connectivity index (χ1v) is 6.23. The summed E-state index contributed by atoms with van der Waals surface area (Å²) in [7, 11) is 0. The summed E-state index contributed by atoms with van der Waals surface area (Å²) >= 11 is 0. The van der Waals surface area contributed by atoms with Gasteiger partial charge in [0, 0.05) is 18.7 Å². The van der Waals surface area contributed by atoms with E-state index in [1.165, 1.54) is 0 Å². The van der Waals surface area contributed by atoms with E-state index in [0.717, 1.165) is 11.3 Å². The number of hydrogen-bond acceptors (Lipinski definition) is 2. The molecule has 1 fully saturated rings. The van der Waals surface area contributed by atoms with Crippen molar-refractivity contribution in [3.05, 3.63) is 29.8 Å². The molecular weight excluding hydrogens is 224 g/mol. The van der Waals surface area contributed by atoms with Gasteiger partial charge < -0.3 is 4.90 Å². The summed E-state index contributed by atoms with van der Waals surface area (Å²) in [5, 5.41) is 8.95. The third-order valence-corrected chi connectivity index (χ3v) is 3.31. The molecule has 1 aliphatic heterocycles. The second kappa shape index (κ2) is 4.45. The molecule has 1 amide bonds.